The molecule has 6 nitrogen and oxygen atoms in total. The normalized spacial score (nSPS) is 11.0. The molecule has 0 spiro atoms. The highest BCUT2D eigenvalue weighted by atomic mass is 35.5. The molecule has 30 heavy (non-hydrogen) atoms. The van der Waals surface area contributed by atoms with Crippen LogP contribution < -0.4 is 4.74 Å². The summed E-state index contributed by atoms with van der Waals surface area (Å²) in [6.45, 7) is 1.67. The van der Waals surface area contributed by atoms with E-state index in [0.29, 0.717) is 23.9 Å². The lowest BCUT2D eigenvalue weighted by Crippen LogP contribution is -2.27. The van der Waals surface area contributed by atoms with Crippen LogP contribution in [-0.4, -0.2) is 34.0 Å². The SMILES string of the molecule is CN(Cc1nc2ccccc2n1CCCOc1ccc(Cl)cc1)C(=O)c1ccco1. The number of aryl methyl sites for hydroxylation is 1. The summed E-state index contributed by atoms with van der Waals surface area (Å²) < 4.78 is 13.2. The molecule has 0 aliphatic heterocycles. The standard InChI is InChI=1S/C23H22ClN3O3/c1-26(23(28)21-8-4-14-30-21)16-22-25-19-6-2-3-7-20(19)27(22)13-5-15-29-18-11-9-17(24)10-12-18/h2-4,6-12,14H,5,13,15-16H2,1H3. The van der Waals surface area contributed by atoms with Crippen LogP contribution in [-0.2, 0) is 13.1 Å². The molecule has 0 aliphatic rings. The molecule has 0 saturated carbocycles. The molecule has 1 amide bonds. The summed E-state index contributed by atoms with van der Waals surface area (Å²) in [5, 5.41) is 0.685. The van der Waals surface area contributed by atoms with Gasteiger partial charge in [-0.2, -0.15) is 0 Å². The van der Waals surface area contributed by atoms with E-state index in [1.165, 1.54) is 6.26 Å². The molecule has 154 valence electrons. The Morgan fingerprint density at radius 2 is 1.93 bits per heavy atom. The lowest BCUT2D eigenvalue weighted by Gasteiger charge is -2.17. The maximum absolute atomic E-state index is 12.5. The van der Waals surface area contributed by atoms with Crippen molar-refractivity contribution in [2.45, 2.75) is 19.5 Å². The van der Waals surface area contributed by atoms with Crippen LogP contribution in [0.1, 0.15) is 22.8 Å². The zero-order valence-corrected chi connectivity index (χ0v) is 17.4. The van der Waals surface area contributed by atoms with Gasteiger partial charge >= 0.3 is 0 Å². The van der Waals surface area contributed by atoms with Crippen molar-refractivity contribution in [3.63, 3.8) is 0 Å². The number of carbonyl (C=O) groups is 1. The van der Waals surface area contributed by atoms with E-state index in [0.717, 1.165) is 35.6 Å². The minimum atomic E-state index is -0.176. The Hall–Kier alpha value is -3.25. The van der Waals surface area contributed by atoms with Crippen LogP contribution in [0.4, 0.5) is 0 Å². The lowest BCUT2D eigenvalue weighted by molar-refractivity contribution is 0.0748. The summed E-state index contributed by atoms with van der Waals surface area (Å²) >= 11 is 5.91. The second-order valence-electron chi connectivity index (χ2n) is 6.96. The Morgan fingerprint density at radius 3 is 2.70 bits per heavy atom. The highest BCUT2D eigenvalue weighted by Gasteiger charge is 2.18. The number of amides is 1. The predicted molar refractivity (Wildman–Crippen MR) is 116 cm³/mol. The number of benzene rings is 2. The van der Waals surface area contributed by atoms with Gasteiger partial charge in [-0.15, -0.1) is 0 Å². The monoisotopic (exact) mass is 423 g/mol. The number of nitrogens with zero attached hydrogens (tertiary/aromatic N) is 3. The molecule has 0 radical (unpaired) electrons. The molecule has 0 bridgehead atoms. The zero-order chi connectivity index (χ0) is 20.9. The fourth-order valence-corrected chi connectivity index (χ4v) is 3.44. The van der Waals surface area contributed by atoms with Gasteiger partial charge in [0.1, 0.15) is 11.6 Å². The van der Waals surface area contributed by atoms with E-state index in [1.807, 2.05) is 48.5 Å². The molecule has 0 aliphatic carbocycles. The third-order valence-electron chi connectivity index (χ3n) is 4.80. The molecule has 0 atom stereocenters. The number of fused-ring (bicyclic) bond motifs is 1. The van der Waals surface area contributed by atoms with Crippen LogP contribution in [0.25, 0.3) is 11.0 Å². The summed E-state index contributed by atoms with van der Waals surface area (Å²) in [5.41, 5.74) is 1.95. The van der Waals surface area contributed by atoms with Gasteiger partial charge in [-0.1, -0.05) is 23.7 Å². The Kier molecular flexibility index (Phi) is 6.05. The summed E-state index contributed by atoms with van der Waals surface area (Å²) in [7, 11) is 1.75. The molecule has 7 heteroatoms. The maximum Gasteiger partial charge on any atom is 0.289 e. The fraction of sp³-hybridized carbons (Fsp3) is 0.217. The van der Waals surface area contributed by atoms with Gasteiger partial charge in [-0.05, 0) is 55.0 Å². The average molecular weight is 424 g/mol. The zero-order valence-electron chi connectivity index (χ0n) is 16.6. The van der Waals surface area contributed by atoms with E-state index in [4.69, 9.17) is 25.7 Å². The van der Waals surface area contributed by atoms with Crippen molar-refractivity contribution in [1.82, 2.24) is 14.5 Å². The van der Waals surface area contributed by atoms with Gasteiger partial charge in [-0.25, -0.2) is 4.98 Å². The Bertz CT molecular complexity index is 1120. The van der Waals surface area contributed by atoms with Gasteiger partial charge in [-0.3, -0.25) is 4.79 Å². The first kappa shape index (κ1) is 20.0. The van der Waals surface area contributed by atoms with E-state index in [-0.39, 0.29) is 5.91 Å². The molecule has 2 aromatic carbocycles. The summed E-state index contributed by atoms with van der Waals surface area (Å²) in [5.74, 6) is 1.75. The number of imidazole rings is 1. The van der Waals surface area contributed by atoms with Crippen LogP contribution in [0.5, 0.6) is 5.75 Å². The van der Waals surface area contributed by atoms with Crippen molar-refractivity contribution in [2.75, 3.05) is 13.7 Å². The molecule has 2 aromatic heterocycles. The van der Waals surface area contributed by atoms with Gasteiger partial charge in [0.2, 0.25) is 0 Å². The van der Waals surface area contributed by atoms with Crippen LogP contribution in [0, 0.1) is 0 Å². The number of carbonyl (C=O) groups excluding carboxylic acids is 1. The number of hydrogen-bond donors (Lipinski definition) is 0. The smallest absolute Gasteiger partial charge is 0.289 e. The van der Waals surface area contributed by atoms with Crippen molar-refractivity contribution in [3.8, 4) is 5.75 Å². The largest absolute Gasteiger partial charge is 0.494 e. The van der Waals surface area contributed by atoms with Crippen molar-refractivity contribution in [1.29, 1.82) is 0 Å². The first-order valence-corrected chi connectivity index (χ1v) is 10.1. The van der Waals surface area contributed by atoms with Crippen LogP contribution >= 0.6 is 11.6 Å². The van der Waals surface area contributed by atoms with Gasteiger partial charge in [0.25, 0.3) is 5.91 Å². The number of rotatable bonds is 8. The second-order valence-corrected chi connectivity index (χ2v) is 7.40. The lowest BCUT2D eigenvalue weighted by atomic mass is 10.3. The fourth-order valence-electron chi connectivity index (χ4n) is 3.31. The van der Waals surface area contributed by atoms with Crippen molar-refractivity contribution in [3.05, 3.63) is 83.5 Å². The molecule has 4 aromatic rings. The molecule has 0 fully saturated rings. The first-order valence-electron chi connectivity index (χ1n) is 9.73. The summed E-state index contributed by atoms with van der Waals surface area (Å²) in [4.78, 5) is 18.9. The minimum Gasteiger partial charge on any atom is -0.494 e. The van der Waals surface area contributed by atoms with Crippen molar-refractivity contribution < 1.29 is 13.9 Å². The highest BCUT2D eigenvalue weighted by molar-refractivity contribution is 6.30. The van der Waals surface area contributed by atoms with E-state index in [2.05, 4.69) is 4.57 Å². The van der Waals surface area contributed by atoms with E-state index in [1.54, 1.807) is 24.1 Å². The molecule has 2 heterocycles. The van der Waals surface area contributed by atoms with E-state index in [9.17, 15) is 4.79 Å². The van der Waals surface area contributed by atoms with Gasteiger partial charge in [0.15, 0.2) is 5.76 Å². The predicted octanol–water partition coefficient (Wildman–Crippen LogP) is 5.02. The number of halogens is 1. The number of furan rings is 1. The third kappa shape index (κ3) is 4.49. The van der Waals surface area contributed by atoms with Gasteiger partial charge < -0.3 is 18.6 Å². The number of hydrogen-bond acceptors (Lipinski definition) is 4. The van der Waals surface area contributed by atoms with Crippen LogP contribution in [0.2, 0.25) is 5.02 Å². The molecule has 0 unspecified atom stereocenters. The Balaban J connectivity index is 1.46. The Labute approximate surface area is 179 Å². The topological polar surface area (TPSA) is 60.5 Å². The first-order chi connectivity index (χ1) is 14.6. The van der Waals surface area contributed by atoms with Gasteiger partial charge in [0.05, 0.1) is 30.4 Å². The average Bonchev–Trinajstić information content (AvgIpc) is 3.40. The highest BCUT2D eigenvalue weighted by Crippen LogP contribution is 2.19. The summed E-state index contributed by atoms with van der Waals surface area (Å²) in [6, 6.07) is 18.7. The molecular formula is C23H22ClN3O3. The van der Waals surface area contributed by atoms with Crippen LogP contribution in [0.15, 0.2) is 71.3 Å². The van der Waals surface area contributed by atoms with Crippen molar-refractivity contribution >= 4 is 28.5 Å². The quantitative estimate of drug-likeness (QED) is 0.373. The molecule has 0 saturated heterocycles. The van der Waals surface area contributed by atoms with Crippen molar-refractivity contribution in [2.24, 2.45) is 0 Å². The molecule has 4 rings (SSSR count). The van der Waals surface area contributed by atoms with E-state index < -0.39 is 0 Å². The number of para-hydroxylation sites is 2. The molecule has 0 N–H and O–H groups in total. The number of ether oxygens (including phenoxy) is 1. The second kappa shape index (κ2) is 9.05. The maximum atomic E-state index is 12.5. The third-order valence-corrected chi connectivity index (χ3v) is 5.05. The summed E-state index contributed by atoms with van der Waals surface area (Å²) in [6.07, 6.45) is 2.29. The Morgan fingerprint density at radius 1 is 1.13 bits per heavy atom. The van der Waals surface area contributed by atoms with E-state index >= 15 is 0 Å². The number of aromatic nitrogens is 2. The minimum absolute atomic E-state index is 0.176. The van der Waals surface area contributed by atoms with Gasteiger partial charge in [0, 0.05) is 18.6 Å². The van der Waals surface area contributed by atoms with Crippen LogP contribution in [0.3, 0.4) is 0 Å². The molecular weight excluding hydrogens is 402 g/mol.